The Balaban J connectivity index is 4.03. The smallest absolute Gasteiger partial charge is 0.325 e. The van der Waals surface area contributed by atoms with E-state index < -0.39 is 13.1 Å². The first-order chi connectivity index (χ1) is 4.77. The van der Waals surface area contributed by atoms with Gasteiger partial charge in [-0.15, -0.1) is 0 Å². The molecule has 0 aliphatic rings. The van der Waals surface area contributed by atoms with Crippen LogP contribution >= 0.6 is 7.60 Å². The predicted octanol–water partition coefficient (Wildman–Crippen LogP) is 0.946. The number of nitrogens with two attached hydrogens (primary N) is 1. The second-order valence-corrected chi connectivity index (χ2v) is 5.05. The Kier molecular flexibility index (Phi) is 3.71. The molecule has 3 N–H and O–H groups in total. The van der Waals surface area contributed by atoms with Gasteiger partial charge in [-0.3, -0.25) is 4.57 Å². The molecule has 0 saturated carbocycles. The fraction of sp³-hybridized carbons (Fsp3) is 1.00. The van der Waals surface area contributed by atoms with Crippen molar-refractivity contribution in [3.05, 3.63) is 0 Å². The van der Waals surface area contributed by atoms with Crippen LogP contribution in [0.5, 0.6) is 0 Å². The molecule has 0 fully saturated rings. The topological polar surface area (TPSA) is 72.5 Å². The van der Waals surface area contributed by atoms with E-state index in [9.17, 15) is 4.57 Å². The Morgan fingerprint density at radius 1 is 1.64 bits per heavy atom. The molecule has 4 nitrogen and oxygen atoms in total. The lowest BCUT2D eigenvalue weighted by atomic mass is 10.1. The van der Waals surface area contributed by atoms with Crippen molar-refractivity contribution in [3.63, 3.8) is 0 Å². The molecule has 0 aliphatic carbocycles. The number of hydrogen-bond donors (Lipinski definition) is 2. The van der Waals surface area contributed by atoms with E-state index in [0.29, 0.717) is 0 Å². The molecule has 68 valence electrons. The first kappa shape index (κ1) is 11.1. The second kappa shape index (κ2) is 3.68. The summed E-state index contributed by atoms with van der Waals surface area (Å²) in [5.74, 6) is 0. The van der Waals surface area contributed by atoms with E-state index in [4.69, 9.17) is 10.6 Å². The quantitative estimate of drug-likeness (QED) is 0.633. The molecule has 0 spiro atoms. The third kappa shape index (κ3) is 6.51. The largest absolute Gasteiger partial charge is 0.329 e. The third-order valence-corrected chi connectivity index (χ3v) is 2.81. The highest BCUT2D eigenvalue weighted by molar-refractivity contribution is 7.52. The fourth-order valence-electron chi connectivity index (χ4n) is 0.762. The molecule has 0 heterocycles. The van der Waals surface area contributed by atoms with E-state index in [2.05, 4.69) is 4.52 Å². The van der Waals surface area contributed by atoms with E-state index in [1.807, 2.05) is 0 Å². The molecule has 0 bridgehead atoms. The van der Waals surface area contributed by atoms with Crippen LogP contribution in [0.4, 0.5) is 0 Å². The minimum atomic E-state index is -3.44. The average Bonchev–Trinajstić information content (AvgIpc) is 1.55. The zero-order valence-corrected chi connectivity index (χ0v) is 8.10. The van der Waals surface area contributed by atoms with Gasteiger partial charge in [-0.2, -0.15) is 0 Å². The summed E-state index contributed by atoms with van der Waals surface area (Å²) in [5.41, 5.74) is 4.89. The molecule has 5 heteroatoms. The maximum absolute atomic E-state index is 11.1. The van der Waals surface area contributed by atoms with Crippen LogP contribution in [0.3, 0.4) is 0 Å². The van der Waals surface area contributed by atoms with Gasteiger partial charge in [-0.1, -0.05) is 0 Å². The molecular formula is C6H16NO3P. The van der Waals surface area contributed by atoms with Crippen LogP contribution in [0.2, 0.25) is 0 Å². The highest BCUT2D eigenvalue weighted by Gasteiger charge is 2.27. The van der Waals surface area contributed by atoms with Crippen molar-refractivity contribution < 1.29 is 14.0 Å². The van der Waals surface area contributed by atoms with E-state index >= 15 is 0 Å². The van der Waals surface area contributed by atoms with E-state index in [1.165, 1.54) is 0 Å². The van der Waals surface area contributed by atoms with Gasteiger partial charge < -0.3 is 15.2 Å². The Morgan fingerprint density at radius 2 is 2.09 bits per heavy atom. The molecule has 0 radical (unpaired) electrons. The zero-order chi connectivity index (χ0) is 9.12. The van der Waals surface area contributed by atoms with Crippen molar-refractivity contribution in [2.75, 3.05) is 12.8 Å². The number of rotatable bonds is 4. The second-order valence-electron chi connectivity index (χ2n) is 3.20. The molecule has 1 atom stereocenters. The van der Waals surface area contributed by atoms with Crippen LogP contribution in [0, 0.1) is 0 Å². The summed E-state index contributed by atoms with van der Waals surface area (Å²) < 4.78 is 15.7. The SMILES string of the molecule is CCOP(=O)(O)CC(C)(C)N. The number of hydrogen-bond acceptors (Lipinski definition) is 3. The van der Waals surface area contributed by atoms with Crippen molar-refractivity contribution in [3.8, 4) is 0 Å². The summed E-state index contributed by atoms with van der Waals surface area (Å²) >= 11 is 0. The highest BCUT2D eigenvalue weighted by Crippen LogP contribution is 2.43. The van der Waals surface area contributed by atoms with Gasteiger partial charge >= 0.3 is 7.60 Å². The van der Waals surface area contributed by atoms with Crippen LogP contribution < -0.4 is 5.73 Å². The zero-order valence-electron chi connectivity index (χ0n) is 7.20. The van der Waals surface area contributed by atoms with Crippen LogP contribution in [0.1, 0.15) is 20.8 Å². The van der Waals surface area contributed by atoms with Crippen LogP contribution in [-0.4, -0.2) is 23.2 Å². The Hall–Kier alpha value is 0.110. The van der Waals surface area contributed by atoms with Gasteiger partial charge in [0.15, 0.2) is 0 Å². The van der Waals surface area contributed by atoms with Gasteiger partial charge in [-0.05, 0) is 20.8 Å². The molecule has 0 amide bonds. The first-order valence-corrected chi connectivity index (χ1v) is 5.28. The summed E-state index contributed by atoms with van der Waals surface area (Å²) in [6, 6.07) is 0. The fourth-order valence-corrected chi connectivity index (χ4v) is 2.29. The lowest BCUT2D eigenvalue weighted by Crippen LogP contribution is -2.36. The van der Waals surface area contributed by atoms with Crippen molar-refractivity contribution >= 4 is 7.60 Å². The van der Waals surface area contributed by atoms with Crippen molar-refractivity contribution in [2.24, 2.45) is 5.73 Å². The Morgan fingerprint density at radius 3 is 2.36 bits per heavy atom. The van der Waals surface area contributed by atoms with Gasteiger partial charge in [0, 0.05) is 5.54 Å². The standard InChI is InChI=1S/C6H16NO3P/c1-4-10-11(8,9)5-6(2,3)7/h4-5,7H2,1-3H3,(H,8,9). The third-order valence-electron chi connectivity index (χ3n) is 0.938. The van der Waals surface area contributed by atoms with Crippen LogP contribution in [0.25, 0.3) is 0 Å². The lowest BCUT2D eigenvalue weighted by molar-refractivity contribution is 0.267. The van der Waals surface area contributed by atoms with Gasteiger partial charge in [0.1, 0.15) is 0 Å². The average molecular weight is 181 g/mol. The Labute approximate surface area is 67.3 Å². The van der Waals surface area contributed by atoms with Gasteiger partial charge in [0.05, 0.1) is 12.8 Å². The molecule has 0 rings (SSSR count). The highest BCUT2D eigenvalue weighted by atomic mass is 31.2. The summed E-state index contributed by atoms with van der Waals surface area (Å²) in [7, 11) is -3.44. The van der Waals surface area contributed by atoms with E-state index in [1.54, 1.807) is 20.8 Å². The maximum Gasteiger partial charge on any atom is 0.329 e. The van der Waals surface area contributed by atoms with Gasteiger partial charge in [-0.25, -0.2) is 0 Å². The van der Waals surface area contributed by atoms with Gasteiger partial charge in [0.2, 0.25) is 0 Å². The molecule has 0 aliphatic heterocycles. The molecule has 0 aromatic rings. The summed E-state index contributed by atoms with van der Waals surface area (Å²) in [6.07, 6.45) is -0.00611. The minimum absolute atomic E-state index is 0.00611. The molecule has 1 unspecified atom stereocenters. The van der Waals surface area contributed by atoms with Crippen LogP contribution in [0.15, 0.2) is 0 Å². The van der Waals surface area contributed by atoms with Crippen molar-refractivity contribution in [1.82, 2.24) is 0 Å². The predicted molar refractivity (Wildman–Crippen MR) is 44.6 cm³/mol. The summed E-state index contributed by atoms with van der Waals surface area (Å²) in [6.45, 7) is 5.29. The van der Waals surface area contributed by atoms with Crippen molar-refractivity contribution in [1.29, 1.82) is 0 Å². The monoisotopic (exact) mass is 181 g/mol. The molecule has 0 aromatic heterocycles. The van der Waals surface area contributed by atoms with E-state index in [-0.39, 0.29) is 12.8 Å². The minimum Gasteiger partial charge on any atom is -0.325 e. The van der Waals surface area contributed by atoms with Gasteiger partial charge in [0.25, 0.3) is 0 Å². The molecular weight excluding hydrogens is 165 g/mol. The normalized spacial score (nSPS) is 17.9. The summed E-state index contributed by atoms with van der Waals surface area (Å²) in [4.78, 5) is 9.10. The van der Waals surface area contributed by atoms with E-state index in [0.717, 1.165) is 0 Å². The van der Waals surface area contributed by atoms with Crippen molar-refractivity contribution in [2.45, 2.75) is 26.3 Å². The van der Waals surface area contributed by atoms with Crippen LogP contribution in [-0.2, 0) is 9.09 Å². The first-order valence-electron chi connectivity index (χ1n) is 3.52. The molecule has 11 heavy (non-hydrogen) atoms. The molecule has 0 aromatic carbocycles. The molecule has 0 saturated heterocycles. The Bertz CT molecular complexity index is 164. The lowest BCUT2D eigenvalue weighted by Gasteiger charge is -2.21. The summed E-state index contributed by atoms with van der Waals surface area (Å²) in [5, 5.41) is 0. The maximum atomic E-state index is 11.1.